The summed E-state index contributed by atoms with van der Waals surface area (Å²) >= 11 is 3.34. The van der Waals surface area contributed by atoms with Crippen molar-refractivity contribution in [1.82, 2.24) is 14.6 Å². The number of aromatic amines is 1. The molecule has 2 aromatic heterocycles. The smallest absolute Gasteiger partial charge is 0.275 e. The summed E-state index contributed by atoms with van der Waals surface area (Å²) < 4.78 is 2.31. The van der Waals surface area contributed by atoms with Crippen LogP contribution in [0, 0.1) is 17.2 Å². The molecule has 1 aliphatic rings. The molecule has 0 bridgehead atoms. The van der Waals surface area contributed by atoms with Gasteiger partial charge >= 0.3 is 0 Å². The third-order valence-electron chi connectivity index (χ3n) is 3.28. The Kier molecular flexibility index (Phi) is 2.30. The second-order valence-corrected chi connectivity index (χ2v) is 5.02. The van der Waals surface area contributed by atoms with Crippen molar-refractivity contribution in [3.05, 3.63) is 32.9 Å². The Morgan fingerprint density at radius 1 is 1.53 bits per heavy atom. The zero-order valence-corrected chi connectivity index (χ0v) is 10.4. The Labute approximate surface area is 105 Å². The highest BCUT2D eigenvalue weighted by molar-refractivity contribution is 9.10. The fourth-order valence-corrected chi connectivity index (χ4v) is 2.54. The highest BCUT2D eigenvalue weighted by atomic mass is 79.9. The molecule has 0 unspecified atom stereocenters. The van der Waals surface area contributed by atoms with Crippen LogP contribution < -0.4 is 5.56 Å². The van der Waals surface area contributed by atoms with E-state index in [1.165, 1.54) is 0 Å². The summed E-state index contributed by atoms with van der Waals surface area (Å²) in [7, 11) is 0. The number of nitrogens with zero attached hydrogens (tertiary/aromatic N) is 3. The Morgan fingerprint density at radius 2 is 2.35 bits per heavy atom. The van der Waals surface area contributed by atoms with E-state index in [0.717, 1.165) is 17.4 Å². The van der Waals surface area contributed by atoms with Crippen molar-refractivity contribution < 1.29 is 0 Å². The molecule has 2 heterocycles. The number of H-pyrrole nitrogens is 1. The van der Waals surface area contributed by atoms with Gasteiger partial charge in [-0.2, -0.15) is 10.4 Å². The van der Waals surface area contributed by atoms with Crippen molar-refractivity contribution in [2.24, 2.45) is 5.92 Å². The van der Waals surface area contributed by atoms with E-state index in [9.17, 15) is 4.79 Å². The topological polar surface area (TPSA) is 74.0 Å². The highest BCUT2D eigenvalue weighted by Crippen LogP contribution is 2.40. The summed E-state index contributed by atoms with van der Waals surface area (Å²) in [5.74, 6) is 0.647. The SMILES string of the molecule is N#C[C@@H]1CC[C@H]1c1nn2c(Br)ccc2c(=O)[nH]1. The van der Waals surface area contributed by atoms with Crippen molar-refractivity contribution in [2.75, 3.05) is 0 Å². The summed E-state index contributed by atoms with van der Waals surface area (Å²) in [6.45, 7) is 0. The highest BCUT2D eigenvalue weighted by Gasteiger charge is 2.34. The van der Waals surface area contributed by atoms with Gasteiger partial charge in [-0.05, 0) is 40.9 Å². The van der Waals surface area contributed by atoms with Gasteiger partial charge in [0.25, 0.3) is 5.56 Å². The average molecular weight is 293 g/mol. The minimum atomic E-state index is -0.163. The Hall–Kier alpha value is -1.61. The number of halogens is 1. The van der Waals surface area contributed by atoms with E-state index < -0.39 is 0 Å². The van der Waals surface area contributed by atoms with E-state index in [-0.39, 0.29) is 17.4 Å². The van der Waals surface area contributed by atoms with E-state index in [1.807, 2.05) is 0 Å². The first-order valence-corrected chi connectivity index (χ1v) is 6.17. The molecule has 0 radical (unpaired) electrons. The molecule has 6 heteroatoms. The van der Waals surface area contributed by atoms with Gasteiger partial charge in [-0.3, -0.25) is 4.79 Å². The molecule has 5 nitrogen and oxygen atoms in total. The van der Waals surface area contributed by atoms with Crippen molar-refractivity contribution in [1.29, 1.82) is 5.26 Å². The van der Waals surface area contributed by atoms with E-state index in [2.05, 4.69) is 32.1 Å². The monoisotopic (exact) mass is 292 g/mol. The number of aromatic nitrogens is 3. The molecule has 1 aliphatic carbocycles. The largest absolute Gasteiger partial charge is 0.307 e. The number of nitrogens with one attached hydrogen (secondary N) is 1. The zero-order valence-electron chi connectivity index (χ0n) is 8.85. The maximum Gasteiger partial charge on any atom is 0.275 e. The van der Waals surface area contributed by atoms with Crippen molar-refractivity contribution in [2.45, 2.75) is 18.8 Å². The van der Waals surface area contributed by atoms with Crippen LogP contribution in [0.5, 0.6) is 0 Å². The first-order valence-electron chi connectivity index (χ1n) is 5.38. The molecule has 0 aromatic carbocycles. The van der Waals surface area contributed by atoms with Gasteiger partial charge in [-0.15, -0.1) is 0 Å². The van der Waals surface area contributed by atoms with Crippen LogP contribution in [0.2, 0.25) is 0 Å². The standard InChI is InChI=1S/C11H9BrN4O/c12-9-4-3-8-11(17)14-10(15-16(8)9)7-2-1-6(7)5-13/h3-4,6-7H,1-2H2,(H,14,15,17)/t6-,7+/m0/s1. The molecule has 2 atom stereocenters. The molecule has 86 valence electrons. The van der Waals surface area contributed by atoms with Crippen LogP contribution in [0.15, 0.2) is 21.5 Å². The predicted octanol–water partition coefficient (Wildman–Crippen LogP) is 1.80. The first-order chi connectivity index (χ1) is 8.20. The number of hydrogen-bond acceptors (Lipinski definition) is 3. The zero-order chi connectivity index (χ0) is 12.0. The number of hydrogen-bond donors (Lipinski definition) is 1. The lowest BCUT2D eigenvalue weighted by Crippen LogP contribution is -2.28. The third-order valence-corrected chi connectivity index (χ3v) is 3.88. The second-order valence-electron chi connectivity index (χ2n) is 4.21. The minimum absolute atomic E-state index is 0.0232. The molecule has 2 aromatic rings. The second kappa shape index (κ2) is 3.70. The molecular weight excluding hydrogens is 284 g/mol. The van der Waals surface area contributed by atoms with Crippen LogP contribution >= 0.6 is 15.9 Å². The summed E-state index contributed by atoms with van der Waals surface area (Å²) in [5, 5.41) is 13.3. The summed E-state index contributed by atoms with van der Waals surface area (Å²) in [5.41, 5.74) is 0.345. The molecule has 17 heavy (non-hydrogen) atoms. The molecule has 1 fully saturated rings. The maximum absolute atomic E-state index is 11.8. The van der Waals surface area contributed by atoms with Crippen LogP contribution in [0.3, 0.4) is 0 Å². The normalized spacial score (nSPS) is 23.3. The first kappa shape index (κ1) is 10.5. The van der Waals surface area contributed by atoms with Crippen LogP contribution in [0.25, 0.3) is 5.52 Å². The molecule has 1 N–H and O–H groups in total. The van der Waals surface area contributed by atoms with Gasteiger partial charge in [-0.25, -0.2) is 4.52 Å². The Balaban J connectivity index is 2.16. The molecule has 0 aliphatic heterocycles. The molecule has 0 spiro atoms. The van der Waals surface area contributed by atoms with E-state index in [1.54, 1.807) is 16.6 Å². The van der Waals surface area contributed by atoms with Crippen LogP contribution in [-0.2, 0) is 0 Å². The van der Waals surface area contributed by atoms with Gasteiger partial charge in [0, 0.05) is 5.92 Å². The molecule has 1 saturated carbocycles. The summed E-state index contributed by atoms with van der Waals surface area (Å²) in [4.78, 5) is 14.6. The number of rotatable bonds is 1. The lowest BCUT2D eigenvalue weighted by molar-refractivity contribution is 0.307. The van der Waals surface area contributed by atoms with Crippen molar-refractivity contribution in [3.8, 4) is 6.07 Å². The summed E-state index contributed by atoms with van der Waals surface area (Å²) in [6, 6.07) is 5.74. The van der Waals surface area contributed by atoms with Crippen LogP contribution in [0.4, 0.5) is 0 Å². The van der Waals surface area contributed by atoms with Gasteiger partial charge in [0.2, 0.25) is 0 Å². The van der Waals surface area contributed by atoms with Crippen molar-refractivity contribution >= 4 is 21.4 Å². The van der Waals surface area contributed by atoms with Crippen LogP contribution in [-0.4, -0.2) is 14.6 Å². The fourth-order valence-electron chi connectivity index (χ4n) is 2.14. The van der Waals surface area contributed by atoms with Gasteiger partial charge in [0.1, 0.15) is 15.9 Å². The molecule has 0 amide bonds. The fraction of sp³-hybridized carbons (Fsp3) is 0.364. The number of nitriles is 1. The maximum atomic E-state index is 11.8. The van der Waals surface area contributed by atoms with Gasteiger partial charge in [-0.1, -0.05) is 0 Å². The Morgan fingerprint density at radius 3 is 3.00 bits per heavy atom. The van der Waals surface area contributed by atoms with E-state index >= 15 is 0 Å². The number of fused-ring (bicyclic) bond motifs is 1. The van der Waals surface area contributed by atoms with Gasteiger partial charge in [0.05, 0.1) is 12.0 Å². The Bertz CT molecular complexity index is 681. The van der Waals surface area contributed by atoms with Crippen molar-refractivity contribution in [3.63, 3.8) is 0 Å². The molecule has 3 rings (SSSR count). The minimum Gasteiger partial charge on any atom is -0.307 e. The van der Waals surface area contributed by atoms with E-state index in [0.29, 0.717) is 11.3 Å². The summed E-state index contributed by atoms with van der Waals surface area (Å²) in [6.07, 6.45) is 1.79. The average Bonchev–Trinajstić information content (AvgIpc) is 2.60. The lowest BCUT2D eigenvalue weighted by atomic mass is 9.74. The lowest BCUT2D eigenvalue weighted by Gasteiger charge is -2.29. The molecule has 0 saturated heterocycles. The van der Waals surface area contributed by atoms with Gasteiger partial charge < -0.3 is 4.98 Å². The predicted molar refractivity (Wildman–Crippen MR) is 64.6 cm³/mol. The van der Waals surface area contributed by atoms with Gasteiger partial charge in [0.15, 0.2) is 0 Å². The third kappa shape index (κ3) is 1.50. The van der Waals surface area contributed by atoms with E-state index in [4.69, 9.17) is 5.26 Å². The van der Waals surface area contributed by atoms with Crippen LogP contribution in [0.1, 0.15) is 24.6 Å². The molecular formula is C11H9BrN4O. The quantitative estimate of drug-likeness (QED) is 0.871.